The zero-order valence-corrected chi connectivity index (χ0v) is 19.4. The van der Waals surface area contributed by atoms with Crippen molar-refractivity contribution in [2.24, 2.45) is 5.92 Å². The minimum absolute atomic E-state index is 0.0860. The summed E-state index contributed by atoms with van der Waals surface area (Å²) in [5, 5.41) is 9.91. The summed E-state index contributed by atoms with van der Waals surface area (Å²) in [7, 11) is 0. The van der Waals surface area contributed by atoms with Gasteiger partial charge in [0.15, 0.2) is 0 Å². The predicted octanol–water partition coefficient (Wildman–Crippen LogP) is 4.51. The second-order valence-electron chi connectivity index (χ2n) is 8.42. The van der Waals surface area contributed by atoms with Gasteiger partial charge in [-0.1, -0.05) is 30.1 Å². The van der Waals surface area contributed by atoms with E-state index in [-0.39, 0.29) is 24.2 Å². The van der Waals surface area contributed by atoms with Gasteiger partial charge in [0.05, 0.1) is 6.61 Å². The number of ether oxygens (including phenoxy) is 1. The van der Waals surface area contributed by atoms with Crippen LogP contribution in [0.3, 0.4) is 0 Å². The van der Waals surface area contributed by atoms with Crippen LogP contribution in [-0.4, -0.2) is 28.6 Å². The molecule has 178 valence electrons. The number of aromatic nitrogens is 2. The van der Waals surface area contributed by atoms with Crippen molar-refractivity contribution in [3.63, 3.8) is 0 Å². The van der Waals surface area contributed by atoms with Crippen LogP contribution in [0.15, 0.2) is 53.1 Å². The van der Waals surface area contributed by atoms with Gasteiger partial charge in [0.25, 0.3) is 0 Å². The minimum Gasteiger partial charge on any atom is -0.494 e. The van der Waals surface area contributed by atoms with Gasteiger partial charge in [0, 0.05) is 36.6 Å². The number of nitrogens with one attached hydrogen (secondary N) is 2. The number of aryl methyl sites for hydroxylation is 1. The van der Waals surface area contributed by atoms with Crippen molar-refractivity contribution in [1.82, 2.24) is 15.5 Å². The SMILES string of the molecule is CCOc1ccc(-c2noc(CCC(=O)NCc3cccc(NC(=O)C4CCCC4)c3)n2)cc1. The highest BCUT2D eigenvalue weighted by molar-refractivity contribution is 5.92. The maximum Gasteiger partial charge on any atom is 0.227 e. The summed E-state index contributed by atoms with van der Waals surface area (Å²) in [6.45, 7) is 2.92. The van der Waals surface area contributed by atoms with E-state index in [0.29, 0.717) is 31.3 Å². The topological polar surface area (TPSA) is 106 Å². The Hall–Kier alpha value is -3.68. The smallest absolute Gasteiger partial charge is 0.227 e. The molecule has 0 spiro atoms. The van der Waals surface area contributed by atoms with Crippen molar-refractivity contribution in [2.75, 3.05) is 11.9 Å². The monoisotopic (exact) mass is 462 g/mol. The Bertz CT molecular complexity index is 1100. The molecule has 1 saturated carbocycles. The summed E-state index contributed by atoms with van der Waals surface area (Å²) in [5.74, 6) is 1.77. The first-order chi connectivity index (χ1) is 16.6. The number of anilines is 1. The fourth-order valence-corrected chi connectivity index (χ4v) is 4.04. The van der Waals surface area contributed by atoms with E-state index in [0.717, 1.165) is 48.2 Å². The van der Waals surface area contributed by atoms with Crippen LogP contribution in [0.25, 0.3) is 11.4 Å². The van der Waals surface area contributed by atoms with E-state index >= 15 is 0 Å². The molecule has 0 saturated heterocycles. The Morgan fingerprint density at radius 1 is 1.12 bits per heavy atom. The summed E-state index contributed by atoms with van der Waals surface area (Å²) in [6.07, 6.45) is 4.76. The minimum atomic E-state index is -0.110. The van der Waals surface area contributed by atoms with Crippen molar-refractivity contribution >= 4 is 17.5 Å². The molecule has 34 heavy (non-hydrogen) atoms. The van der Waals surface area contributed by atoms with Gasteiger partial charge in [-0.15, -0.1) is 0 Å². The van der Waals surface area contributed by atoms with Crippen LogP contribution < -0.4 is 15.4 Å². The molecule has 0 bridgehead atoms. The molecule has 1 aliphatic carbocycles. The van der Waals surface area contributed by atoms with E-state index in [1.807, 2.05) is 55.5 Å². The van der Waals surface area contributed by atoms with E-state index in [4.69, 9.17) is 9.26 Å². The molecule has 2 N–H and O–H groups in total. The average molecular weight is 463 g/mol. The van der Waals surface area contributed by atoms with Gasteiger partial charge in [-0.2, -0.15) is 4.98 Å². The average Bonchev–Trinajstić information content (AvgIpc) is 3.55. The maximum atomic E-state index is 12.3. The fraction of sp³-hybridized carbons (Fsp3) is 0.385. The number of benzene rings is 2. The lowest BCUT2D eigenvalue weighted by molar-refractivity contribution is -0.121. The van der Waals surface area contributed by atoms with Crippen LogP contribution in [0.5, 0.6) is 5.75 Å². The lowest BCUT2D eigenvalue weighted by atomic mass is 10.1. The van der Waals surface area contributed by atoms with Crippen molar-refractivity contribution in [3.8, 4) is 17.1 Å². The summed E-state index contributed by atoms with van der Waals surface area (Å²) < 4.78 is 10.7. The molecule has 8 nitrogen and oxygen atoms in total. The second kappa shape index (κ2) is 11.4. The Morgan fingerprint density at radius 3 is 2.68 bits per heavy atom. The van der Waals surface area contributed by atoms with Gasteiger partial charge < -0.3 is 19.9 Å². The van der Waals surface area contributed by atoms with Gasteiger partial charge in [0.1, 0.15) is 5.75 Å². The molecule has 0 radical (unpaired) electrons. The van der Waals surface area contributed by atoms with E-state index < -0.39 is 0 Å². The quantitative estimate of drug-likeness (QED) is 0.459. The van der Waals surface area contributed by atoms with Crippen molar-refractivity contribution in [2.45, 2.75) is 52.0 Å². The van der Waals surface area contributed by atoms with E-state index in [9.17, 15) is 9.59 Å². The number of hydrogen-bond acceptors (Lipinski definition) is 6. The highest BCUT2D eigenvalue weighted by atomic mass is 16.5. The first kappa shape index (κ1) is 23.5. The highest BCUT2D eigenvalue weighted by Gasteiger charge is 2.22. The van der Waals surface area contributed by atoms with Crippen LogP contribution in [0.1, 0.15) is 50.5 Å². The molecule has 1 aliphatic rings. The number of nitrogens with zero attached hydrogens (tertiary/aromatic N) is 2. The van der Waals surface area contributed by atoms with E-state index in [2.05, 4.69) is 20.8 Å². The van der Waals surface area contributed by atoms with Crippen molar-refractivity contribution < 1.29 is 18.8 Å². The Kier molecular flexibility index (Phi) is 7.91. The first-order valence-electron chi connectivity index (χ1n) is 11.8. The number of amides is 2. The normalized spacial score (nSPS) is 13.6. The number of rotatable bonds is 10. The molecule has 1 heterocycles. The van der Waals surface area contributed by atoms with E-state index in [1.165, 1.54) is 0 Å². The zero-order valence-electron chi connectivity index (χ0n) is 19.4. The van der Waals surface area contributed by atoms with Crippen LogP contribution in [0.4, 0.5) is 5.69 Å². The molecular formula is C26H30N4O4. The largest absolute Gasteiger partial charge is 0.494 e. The van der Waals surface area contributed by atoms with Crippen LogP contribution in [0, 0.1) is 5.92 Å². The molecule has 1 aromatic heterocycles. The Balaban J connectivity index is 1.23. The van der Waals surface area contributed by atoms with Gasteiger partial charge in [-0.25, -0.2) is 0 Å². The highest BCUT2D eigenvalue weighted by Crippen LogP contribution is 2.26. The third kappa shape index (κ3) is 6.43. The van der Waals surface area contributed by atoms with Gasteiger partial charge in [-0.3, -0.25) is 9.59 Å². The van der Waals surface area contributed by atoms with Crippen LogP contribution in [0.2, 0.25) is 0 Å². The van der Waals surface area contributed by atoms with E-state index in [1.54, 1.807) is 0 Å². The zero-order chi connectivity index (χ0) is 23.8. The third-order valence-electron chi connectivity index (χ3n) is 5.87. The Labute approximate surface area is 199 Å². The molecule has 1 fully saturated rings. The van der Waals surface area contributed by atoms with Gasteiger partial charge >= 0.3 is 0 Å². The standard InChI is InChI=1S/C26H30N4O4/c1-2-33-22-12-10-19(11-13-22)25-29-24(34-30-25)15-14-23(31)27-17-18-6-5-9-21(16-18)28-26(32)20-7-3-4-8-20/h5-6,9-13,16,20H,2-4,7-8,14-15,17H2,1H3,(H,27,31)(H,28,32). The van der Waals surface area contributed by atoms with Crippen LogP contribution >= 0.6 is 0 Å². The summed E-state index contributed by atoms with van der Waals surface area (Å²) in [4.78, 5) is 29.0. The number of carbonyl (C=O) groups excluding carboxylic acids is 2. The molecule has 0 atom stereocenters. The second-order valence-corrected chi connectivity index (χ2v) is 8.42. The molecule has 2 aromatic carbocycles. The summed E-state index contributed by atoms with van der Waals surface area (Å²) >= 11 is 0. The summed E-state index contributed by atoms with van der Waals surface area (Å²) in [6, 6.07) is 15.0. The molecule has 2 amide bonds. The van der Waals surface area contributed by atoms with Gasteiger partial charge in [0.2, 0.25) is 23.5 Å². The molecular weight excluding hydrogens is 432 g/mol. The number of carbonyl (C=O) groups is 2. The molecule has 4 rings (SSSR count). The van der Waals surface area contributed by atoms with Crippen molar-refractivity contribution in [3.05, 3.63) is 60.0 Å². The lowest BCUT2D eigenvalue weighted by Gasteiger charge is -2.11. The fourth-order valence-electron chi connectivity index (χ4n) is 4.04. The maximum absolute atomic E-state index is 12.3. The van der Waals surface area contributed by atoms with Crippen molar-refractivity contribution in [1.29, 1.82) is 0 Å². The Morgan fingerprint density at radius 2 is 1.91 bits per heavy atom. The molecule has 3 aromatic rings. The summed E-state index contributed by atoms with van der Waals surface area (Å²) in [5.41, 5.74) is 2.51. The number of hydrogen-bond donors (Lipinski definition) is 2. The molecule has 0 aliphatic heterocycles. The lowest BCUT2D eigenvalue weighted by Crippen LogP contribution is -2.23. The molecule has 8 heteroatoms. The third-order valence-corrected chi connectivity index (χ3v) is 5.87. The first-order valence-corrected chi connectivity index (χ1v) is 11.8. The predicted molar refractivity (Wildman–Crippen MR) is 128 cm³/mol. The van der Waals surface area contributed by atoms with Gasteiger partial charge in [-0.05, 0) is 61.7 Å². The molecule has 0 unspecified atom stereocenters. The van der Waals surface area contributed by atoms with Crippen LogP contribution in [-0.2, 0) is 22.6 Å².